The minimum absolute atomic E-state index is 0. The second-order valence-corrected chi connectivity index (χ2v) is 9.28. The van der Waals surface area contributed by atoms with Gasteiger partial charge in [0.1, 0.15) is 0 Å². The van der Waals surface area contributed by atoms with Gasteiger partial charge in [0, 0.05) is 38.6 Å². The predicted molar refractivity (Wildman–Crippen MR) is 188 cm³/mol. The van der Waals surface area contributed by atoms with Crippen molar-refractivity contribution in [3.63, 3.8) is 0 Å². The third-order valence-corrected chi connectivity index (χ3v) is 6.11. The summed E-state index contributed by atoms with van der Waals surface area (Å²) in [5, 5.41) is 0. The van der Waals surface area contributed by atoms with Gasteiger partial charge in [0.15, 0.2) is 0 Å². The van der Waals surface area contributed by atoms with Crippen LogP contribution < -0.4 is 0 Å². The Morgan fingerprint density at radius 1 is 0.476 bits per heavy atom. The number of rotatable bonds is 6. The molecule has 0 nitrogen and oxygen atoms in total. The van der Waals surface area contributed by atoms with E-state index in [2.05, 4.69) is 132 Å². The van der Waals surface area contributed by atoms with Gasteiger partial charge in [-0.1, -0.05) is 156 Å². The third-order valence-electron chi connectivity index (χ3n) is 6.11. The summed E-state index contributed by atoms with van der Waals surface area (Å²) in [6.45, 7) is 29.2. The van der Waals surface area contributed by atoms with Crippen molar-refractivity contribution in [2.45, 2.75) is 94.9 Å². The molecule has 4 aromatic carbocycles. The predicted octanol–water partition coefficient (Wildman–Crippen LogP) is 13.0. The fourth-order valence-corrected chi connectivity index (χ4v) is 4.61. The monoisotopic (exact) mass is 641 g/mol. The van der Waals surface area contributed by atoms with Gasteiger partial charge in [0.25, 0.3) is 0 Å². The van der Waals surface area contributed by atoms with Crippen molar-refractivity contribution in [3.8, 4) is 0 Å². The molecule has 0 saturated heterocycles. The molecular weight excluding hydrogens is 581 g/mol. The second kappa shape index (κ2) is 28.9. The first-order valence-corrected chi connectivity index (χ1v) is 16.0. The molecule has 4 aromatic rings. The van der Waals surface area contributed by atoms with E-state index in [9.17, 15) is 0 Å². The van der Waals surface area contributed by atoms with Crippen LogP contribution in [0.3, 0.4) is 0 Å². The van der Waals surface area contributed by atoms with Crippen LogP contribution >= 0.6 is 0 Å². The standard InChI is InChI=1S/C17H18.C16H18.4C2H6.Y/c1-13(2)17(15-10-5-4-6-11-15)16-12-8-7-9-14(16)3;1-13(2)16(14-9-5-3-6-10-14)15-11-7-4-8-12-15;4*1-2;/h4-10,12-13,17H,3H2,1-2H3;3-13,16H,1-2H3;4*1-2H3;/q-2;;;;;;. The molecule has 0 aliphatic heterocycles. The molecule has 1 radical (unpaired) electrons. The maximum absolute atomic E-state index is 4.14. The van der Waals surface area contributed by atoms with Crippen molar-refractivity contribution in [1.29, 1.82) is 0 Å². The van der Waals surface area contributed by atoms with Crippen LogP contribution in [0.1, 0.15) is 123 Å². The summed E-state index contributed by atoms with van der Waals surface area (Å²) in [5.41, 5.74) is 6.49. The average Bonchev–Trinajstić information content (AvgIpc) is 3.04. The molecule has 229 valence electrons. The summed E-state index contributed by atoms with van der Waals surface area (Å²) in [7, 11) is 0. The molecule has 0 heterocycles. The zero-order valence-corrected chi connectivity index (χ0v) is 31.8. The van der Waals surface area contributed by atoms with Gasteiger partial charge in [-0.05, 0) is 23.0 Å². The Kier molecular flexibility index (Phi) is 30.5. The fraction of sp³-hybridized carbons (Fsp3) is 0.390. The Morgan fingerprint density at radius 3 is 1.21 bits per heavy atom. The first-order chi connectivity index (χ1) is 20.0. The summed E-state index contributed by atoms with van der Waals surface area (Å²) in [5.74, 6) is 2.04. The molecule has 1 heteroatoms. The molecule has 0 saturated carbocycles. The summed E-state index contributed by atoms with van der Waals surface area (Å²) in [4.78, 5) is 0. The minimum atomic E-state index is 0. The average molecular weight is 642 g/mol. The molecule has 0 N–H and O–H groups in total. The van der Waals surface area contributed by atoms with E-state index in [1.54, 1.807) is 0 Å². The van der Waals surface area contributed by atoms with E-state index < -0.39 is 0 Å². The van der Waals surface area contributed by atoms with Crippen LogP contribution in [-0.4, -0.2) is 0 Å². The SMILES string of the molecule is CC.CC.CC.CC.CC(C)C(c1ccccc1)c1ccccc1.[CH2-]c1ccccc1C(c1[c-]cccc1)C(C)C.[Y]. The first kappa shape index (κ1) is 44.3. The van der Waals surface area contributed by atoms with Gasteiger partial charge >= 0.3 is 0 Å². The van der Waals surface area contributed by atoms with E-state index in [4.69, 9.17) is 0 Å². The van der Waals surface area contributed by atoms with Crippen molar-refractivity contribution >= 4 is 0 Å². The van der Waals surface area contributed by atoms with Crippen LogP contribution in [-0.2, 0) is 32.7 Å². The molecule has 0 amide bonds. The van der Waals surface area contributed by atoms with Gasteiger partial charge in [-0.2, -0.15) is 54.4 Å². The number of hydrogen-bond acceptors (Lipinski definition) is 0. The summed E-state index contributed by atoms with van der Waals surface area (Å²) < 4.78 is 0. The molecule has 0 aromatic heterocycles. The fourth-order valence-electron chi connectivity index (χ4n) is 4.61. The van der Waals surface area contributed by atoms with Gasteiger partial charge in [-0.15, -0.1) is 17.7 Å². The molecule has 0 spiro atoms. The zero-order valence-electron chi connectivity index (χ0n) is 29.0. The van der Waals surface area contributed by atoms with Crippen molar-refractivity contribution in [2.75, 3.05) is 0 Å². The van der Waals surface area contributed by atoms with Crippen molar-refractivity contribution < 1.29 is 32.7 Å². The molecular formula is C41H60Y-2. The van der Waals surface area contributed by atoms with Gasteiger partial charge < -0.3 is 0 Å². The normalized spacial score (nSPS) is 9.88. The van der Waals surface area contributed by atoms with E-state index in [0.29, 0.717) is 23.7 Å². The van der Waals surface area contributed by atoms with Crippen LogP contribution in [0.4, 0.5) is 0 Å². The van der Waals surface area contributed by atoms with Crippen LogP contribution in [0.2, 0.25) is 0 Å². The van der Waals surface area contributed by atoms with E-state index >= 15 is 0 Å². The zero-order chi connectivity index (χ0) is 31.6. The van der Waals surface area contributed by atoms with E-state index in [1.807, 2.05) is 73.6 Å². The van der Waals surface area contributed by atoms with Crippen molar-refractivity contribution in [2.24, 2.45) is 11.8 Å². The van der Waals surface area contributed by atoms with Gasteiger partial charge in [-0.25, -0.2) is 0 Å². The molecule has 1 unspecified atom stereocenters. The quantitative estimate of drug-likeness (QED) is 0.184. The molecule has 1 atom stereocenters. The summed E-state index contributed by atoms with van der Waals surface area (Å²) in [6, 6.07) is 41.4. The Labute approximate surface area is 287 Å². The Hall–Kier alpha value is -2.15. The molecule has 0 aliphatic rings. The van der Waals surface area contributed by atoms with E-state index in [1.165, 1.54) is 22.3 Å². The largest absolute Gasteiger partial charge is 0.198 e. The smallest absolute Gasteiger partial charge is 0.0112 e. The molecule has 42 heavy (non-hydrogen) atoms. The van der Waals surface area contributed by atoms with Gasteiger partial charge in [0.05, 0.1) is 0 Å². The van der Waals surface area contributed by atoms with Crippen LogP contribution in [0.25, 0.3) is 0 Å². The van der Waals surface area contributed by atoms with Crippen LogP contribution in [0, 0.1) is 24.8 Å². The minimum Gasteiger partial charge on any atom is -0.198 e. The van der Waals surface area contributed by atoms with E-state index in [-0.39, 0.29) is 32.7 Å². The van der Waals surface area contributed by atoms with Crippen molar-refractivity contribution in [1.82, 2.24) is 0 Å². The van der Waals surface area contributed by atoms with Gasteiger partial charge in [-0.3, -0.25) is 0 Å². The molecule has 4 rings (SSSR count). The Morgan fingerprint density at radius 2 is 0.857 bits per heavy atom. The van der Waals surface area contributed by atoms with E-state index in [0.717, 1.165) is 5.56 Å². The second-order valence-electron chi connectivity index (χ2n) is 9.28. The Balaban J connectivity index is -0.000000575. The first-order valence-electron chi connectivity index (χ1n) is 16.0. The van der Waals surface area contributed by atoms with Crippen LogP contribution in [0.5, 0.6) is 0 Å². The third kappa shape index (κ3) is 15.9. The Bertz CT molecular complexity index is 1030. The maximum atomic E-state index is 4.14. The van der Waals surface area contributed by atoms with Crippen LogP contribution in [0.15, 0.2) is 109 Å². The molecule has 0 aliphatic carbocycles. The molecule has 0 bridgehead atoms. The topological polar surface area (TPSA) is 0 Å². The molecule has 0 fully saturated rings. The number of hydrogen-bond donors (Lipinski definition) is 0. The summed E-state index contributed by atoms with van der Waals surface area (Å²) >= 11 is 0. The maximum Gasteiger partial charge on any atom is 0.0112 e. The summed E-state index contributed by atoms with van der Waals surface area (Å²) in [6.07, 6.45) is 0. The number of benzene rings is 4. The van der Waals surface area contributed by atoms with Gasteiger partial charge in [0.2, 0.25) is 0 Å². The van der Waals surface area contributed by atoms with Crippen molar-refractivity contribution in [3.05, 3.63) is 150 Å².